The van der Waals surface area contributed by atoms with Gasteiger partial charge in [0.1, 0.15) is 6.54 Å². The van der Waals surface area contributed by atoms with E-state index in [-0.39, 0.29) is 18.0 Å². The predicted octanol–water partition coefficient (Wildman–Crippen LogP) is 4.71. The number of hydrogen-bond acceptors (Lipinski definition) is 4. The van der Waals surface area contributed by atoms with Crippen LogP contribution in [-0.2, 0) is 14.3 Å². The number of aryl methyl sites for hydroxylation is 1. The van der Waals surface area contributed by atoms with Crippen LogP contribution in [0.5, 0.6) is 0 Å². The van der Waals surface area contributed by atoms with E-state index in [0.29, 0.717) is 12.5 Å². The molecule has 6 heteroatoms. The zero-order valence-electron chi connectivity index (χ0n) is 20.4. The van der Waals surface area contributed by atoms with Crippen LogP contribution in [0.1, 0.15) is 63.5 Å². The first kappa shape index (κ1) is 23.3. The summed E-state index contributed by atoms with van der Waals surface area (Å²) >= 11 is 0. The maximum Gasteiger partial charge on any atom is 0.316 e. The number of allylic oxidation sites excluding steroid dienone is 3. The Morgan fingerprint density at radius 2 is 1.91 bits per heavy atom. The molecule has 1 aromatic heterocycles. The summed E-state index contributed by atoms with van der Waals surface area (Å²) in [4.78, 5) is 31.0. The summed E-state index contributed by atoms with van der Waals surface area (Å²) in [5, 5.41) is 3.01. The van der Waals surface area contributed by atoms with Crippen molar-refractivity contribution in [1.29, 1.82) is 0 Å². The van der Waals surface area contributed by atoms with Crippen molar-refractivity contribution in [2.24, 2.45) is 11.3 Å². The van der Waals surface area contributed by atoms with E-state index in [2.05, 4.69) is 28.5 Å². The number of piperidine rings is 3. The van der Waals surface area contributed by atoms with Crippen molar-refractivity contribution < 1.29 is 18.8 Å². The van der Waals surface area contributed by atoms with Crippen molar-refractivity contribution in [2.45, 2.75) is 70.8 Å². The number of esters is 1. The van der Waals surface area contributed by atoms with Crippen molar-refractivity contribution in [2.75, 3.05) is 31.5 Å². The fraction of sp³-hybridized carbons (Fsp3) is 0.607. The fourth-order valence-electron chi connectivity index (χ4n) is 6.66. The first-order valence-corrected chi connectivity index (χ1v) is 13.1. The highest BCUT2D eigenvalue weighted by Gasteiger charge is 2.51. The minimum atomic E-state index is -0.452. The molecule has 0 aromatic carbocycles. The lowest BCUT2D eigenvalue weighted by molar-refractivity contribution is -0.939. The predicted molar refractivity (Wildman–Crippen MR) is 132 cm³/mol. The number of pyridine rings is 1. The smallest absolute Gasteiger partial charge is 0.316 e. The Hall–Kier alpha value is -2.47. The molecule has 2 aliphatic carbocycles. The van der Waals surface area contributed by atoms with Crippen LogP contribution in [0.15, 0.2) is 42.1 Å². The average molecular weight is 465 g/mol. The topological polar surface area (TPSA) is 68.3 Å². The number of anilines is 1. The number of nitrogens with one attached hydrogen (secondary N) is 1. The molecule has 0 unspecified atom stereocenters. The molecule has 182 valence electrons. The van der Waals surface area contributed by atoms with Crippen LogP contribution in [0.25, 0.3) is 0 Å². The molecule has 0 radical (unpaired) electrons. The Kier molecular flexibility index (Phi) is 6.61. The van der Waals surface area contributed by atoms with Gasteiger partial charge in [0.05, 0.1) is 30.4 Å². The maximum absolute atomic E-state index is 13.8. The van der Waals surface area contributed by atoms with Gasteiger partial charge in [-0.1, -0.05) is 43.9 Å². The SMILES string of the molecule is Cc1ccc(NC(=O)C[N+]23CCC(CC2)[C@@H](OC(=O)C2(C4=CC=CC4)CCCCCC2)C3)cn1. The molecule has 5 aliphatic rings. The van der Waals surface area contributed by atoms with Crippen LogP contribution < -0.4 is 5.32 Å². The van der Waals surface area contributed by atoms with E-state index in [1.165, 1.54) is 18.4 Å². The third-order valence-electron chi connectivity index (χ3n) is 8.71. The Labute approximate surface area is 203 Å². The van der Waals surface area contributed by atoms with Crippen LogP contribution in [0.2, 0.25) is 0 Å². The van der Waals surface area contributed by atoms with Gasteiger partial charge < -0.3 is 14.5 Å². The number of ether oxygens (including phenoxy) is 1. The molecule has 4 fully saturated rings. The van der Waals surface area contributed by atoms with Crippen LogP contribution in [0.4, 0.5) is 5.69 Å². The average Bonchev–Trinajstić information content (AvgIpc) is 3.26. The van der Waals surface area contributed by atoms with E-state index >= 15 is 0 Å². The Bertz CT molecular complexity index is 965. The van der Waals surface area contributed by atoms with Gasteiger partial charge >= 0.3 is 5.97 Å². The Balaban J connectivity index is 1.26. The number of nitrogens with zero attached hydrogens (tertiary/aromatic N) is 2. The fourth-order valence-corrected chi connectivity index (χ4v) is 6.66. The molecular formula is C28H38N3O3+. The Morgan fingerprint density at radius 1 is 1.15 bits per heavy atom. The number of quaternary nitrogens is 1. The molecule has 1 N–H and O–H groups in total. The lowest BCUT2D eigenvalue weighted by Crippen LogP contribution is -2.66. The van der Waals surface area contributed by atoms with Crippen LogP contribution in [0, 0.1) is 18.3 Å². The highest BCUT2D eigenvalue weighted by molar-refractivity contribution is 5.91. The first-order valence-electron chi connectivity index (χ1n) is 13.1. The lowest BCUT2D eigenvalue weighted by atomic mass is 9.73. The van der Waals surface area contributed by atoms with E-state index in [1.54, 1.807) is 6.20 Å². The minimum Gasteiger partial charge on any atom is -0.455 e. The minimum absolute atomic E-state index is 0.00330. The summed E-state index contributed by atoms with van der Waals surface area (Å²) in [6.07, 6.45) is 17.3. The summed E-state index contributed by atoms with van der Waals surface area (Å²) in [5.74, 6) is 0.432. The number of hydrogen-bond donors (Lipinski definition) is 1. The second-order valence-corrected chi connectivity index (χ2v) is 11.0. The van der Waals surface area contributed by atoms with Crippen molar-refractivity contribution in [3.8, 4) is 0 Å². The number of carbonyl (C=O) groups excluding carboxylic acids is 2. The third-order valence-corrected chi connectivity index (χ3v) is 8.71. The third kappa shape index (κ3) is 4.70. The largest absolute Gasteiger partial charge is 0.455 e. The van der Waals surface area contributed by atoms with Crippen LogP contribution in [0.3, 0.4) is 0 Å². The highest BCUT2D eigenvalue weighted by atomic mass is 16.5. The first-order chi connectivity index (χ1) is 16.5. The van der Waals surface area contributed by atoms with Gasteiger partial charge in [0.25, 0.3) is 5.91 Å². The zero-order chi connectivity index (χ0) is 23.6. The van der Waals surface area contributed by atoms with E-state index < -0.39 is 5.41 Å². The molecule has 1 atom stereocenters. The van der Waals surface area contributed by atoms with Gasteiger partial charge in [-0.05, 0) is 43.9 Å². The normalized spacial score (nSPS) is 29.9. The van der Waals surface area contributed by atoms with Crippen LogP contribution >= 0.6 is 0 Å². The molecule has 3 saturated heterocycles. The quantitative estimate of drug-likeness (QED) is 0.376. The highest BCUT2D eigenvalue weighted by Crippen LogP contribution is 2.46. The molecule has 6 nitrogen and oxygen atoms in total. The monoisotopic (exact) mass is 464 g/mol. The molecule has 2 bridgehead atoms. The number of aromatic nitrogens is 1. The lowest BCUT2D eigenvalue weighted by Gasteiger charge is -2.52. The summed E-state index contributed by atoms with van der Waals surface area (Å²) in [6.45, 7) is 5.08. The van der Waals surface area contributed by atoms with Gasteiger partial charge in [0.2, 0.25) is 0 Å². The number of fused-ring (bicyclic) bond motifs is 3. The van der Waals surface area contributed by atoms with Crippen molar-refractivity contribution in [1.82, 2.24) is 4.98 Å². The Morgan fingerprint density at radius 3 is 2.56 bits per heavy atom. The number of rotatable bonds is 6. The summed E-state index contributed by atoms with van der Waals surface area (Å²) in [6, 6.07) is 3.80. The van der Waals surface area contributed by atoms with Gasteiger partial charge in [-0.15, -0.1) is 0 Å². The van der Waals surface area contributed by atoms with Gasteiger partial charge in [0, 0.05) is 24.5 Å². The molecule has 34 heavy (non-hydrogen) atoms. The van der Waals surface area contributed by atoms with Gasteiger partial charge in [-0.2, -0.15) is 0 Å². The molecule has 1 amide bonds. The standard InChI is InChI=1S/C28H37N3O3/c1-21-10-11-24(18-29-21)30-26(32)20-31-16-12-22(13-17-31)25(19-31)34-27(33)28(23-8-4-5-9-23)14-6-2-3-7-15-28/h4-5,8,10-11,18,22,25H,2-3,6-7,9,12-17,19-20H2,1H3/p+1/t22?,25-,31?/m0/s1. The molecule has 4 heterocycles. The van der Waals surface area contributed by atoms with Crippen molar-refractivity contribution in [3.63, 3.8) is 0 Å². The maximum atomic E-state index is 13.8. The number of carbonyl (C=O) groups is 2. The van der Waals surface area contributed by atoms with Crippen molar-refractivity contribution >= 4 is 17.6 Å². The second kappa shape index (κ2) is 9.65. The van der Waals surface area contributed by atoms with Crippen molar-refractivity contribution in [3.05, 3.63) is 47.8 Å². The van der Waals surface area contributed by atoms with Crippen LogP contribution in [-0.4, -0.2) is 53.6 Å². The van der Waals surface area contributed by atoms with E-state index in [1.807, 2.05) is 19.1 Å². The zero-order valence-corrected chi connectivity index (χ0v) is 20.4. The second-order valence-electron chi connectivity index (χ2n) is 11.0. The van der Waals surface area contributed by atoms with Gasteiger partial charge in [-0.3, -0.25) is 14.6 Å². The summed E-state index contributed by atoms with van der Waals surface area (Å²) < 4.78 is 7.13. The van der Waals surface area contributed by atoms with Gasteiger partial charge in [0.15, 0.2) is 12.6 Å². The molecule has 6 rings (SSSR count). The molecule has 3 aliphatic heterocycles. The summed E-state index contributed by atoms with van der Waals surface area (Å²) in [7, 11) is 0. The van der Waals surface area contributed by atoms with E-state index in [9.17, 15) is 9.59 Å². The molecule has 1 aromatic rings. The van der Waals surface area contributed by atoms with Gasteiger partial charge in [-0.25, -0.2) is 0 Å². The van der Waals surface area contributed by atoms with E-state index in [4.69, 9.17) is 4.74 Å². The number of amides is 1. The van der Waals surface area contributed by atoms with E-state index in [0.717, 1.165) is 80.4 Å². The molecular weight excluding hydrogens is 426 g/mol. The molecule has 0 spiro atoms. The summed E-state index contributed by atoms with van der Waals surface area (Å²) in [5.41, 5.74) is 2.46. The molecule has 1 saturated carbocycles.